The second-order valence-electron chi connectivity index (χ2n) is 6.49. The molecule has 1 atom stereocenters. The van der Waals surface area contributed by atoms with Gasteiger partial charge in [-0.05, 0) is 56.6 Å². The highest BCUT2D eigenvalue weighted by Crippen LogP contribution is 2.43. The molecule has 1 amide bonds. The van der Waals surface area contributed by atoms with Crippen molar-refractivity contribution in [2.24, 2.45) is 0 Å². The molecule has 0 radical (unpaired) electrons. The van der Waals surface area contributed by atoms with Gasteiger partial charge < -0.3 is 4.90 Å². The van der Waals surface area contributed by atoms with Gasteiger partial charge in [0.1, 0.15) is 0 Å². The van der Waals surface area contributed by atoms with Gasteiger partial charge in [0.2, 0.25) is 0 Å². The first-order chi connectivity index (χ1) is 9.70. The number of carbonyl (C=O) groups excluding carboxylic acids is 1. The molecule has 3 heterocycles. The standard InChI is InChI=1S/C14H20N4OS/c1-17-8-6-14(17)5-2-7-18(9-14)13(19)11-12(10-3-4-10)20-16-15-11/h10H,2-9H2,1H3. The van der Waals surface area contributed by atoms with Crippen LogP contribution in [0.1, 0.15) is 53.4 Å². The van der Waals surface area contributed by atoms with E-state index in [0.29, 0.717) is 11.6 Å². The highest BCUT2D eigenvalue weighted by molar-refractivity contribution is 7.06. The average molecular weight is 292 g/mol. The number of hydrogen-bond acceptors (Lipinski definition) is 5. The highest BCUT2D eigenvalue weighted by atomic mass is 32.1. The molecule has 3 aliphatic rings. The number of likely N-dealkylation sites (tertiary alicyclic amines) is 2. The summed E-state index contributed by atoms with van der Waals surface area (Å²) >= 11 is 1.41. The van der Waals surface area contributed by atoms with Crippen molar-refractivity contribution in [1.82, 2.24) is 19.4 Å². The van der Waals surface area contributed by atoms with E-state index >= 15 is 0 Å². The van der Waals surface area contributed by atoms with Gasteiger partial charge in [-0.3, -0.25) is 9.69 Å². The van der Waals surface area contributed by atoms with E-state index in [9.17, 15) is 4.79 Å². The summed E-state index contributed by atoms with van der Waals surface area (Å²) in [4.78, 5) is 18.3. The quantitative estimate of drug-likeness (QED) is 0.833. The maximum Gasteiger partial charge on any atom is 0.275 e. The fourth-order valence-electron chi connectivity index (χ4n) is 3.56. The summed E-state index contributed by atoms with van der Waals surface area (Å²) in [5, 5.41) is 4.13. The Balaban J connectivity index is 1.54. The van der Waals surface area contributed by atoms with Crippen LogP contribution in [0.15, 0.2) is 0 Å². The van der Waals surface area contributed by atoms with Gasteiger partial charge in [0.05, 0.1) is 4.88 Å². The normalized spacial score (nSPS) is 30.6. The van der Waals surface area contributed by atoms with E-state index in [-0.39, 0.29) is 11.4 Å². The Morgan fingerprint density at radius 3 is 2.85 bits per heavy atom. The molecule has 3 fully saturated rings. The molecule has 4 rings (SSSR count). The van der Waals surface area contributed by atoms with Crippen LogP contribution in [0.25, 0.3) is 0 Å². The SMILES string of the molecule is CN1CCC12CCCN(C(=O)c1nnsc1C1CC1)C2. The van der Waals surface area contributed by atoms with Crippen molar-refractivity contribution < 1.29 is 4.79 Å². The van der Waals surface area contributed by atoms with E-state index in [1.807, 2.05) is 4.90 Å². The molecule has 108 valence electrons. The maximum absolute atomic E-state index is 12.8. The molecule has 0 aromatic carbocycles. The fourth-order valence-corrected chi connectivity index (χ4v) is 4.37. The van der Waals surface area contributed by atoms with Crippen LogP contribution in [-0.4, -0.2) is 57.5 Å². The largest absolute Gasteiger partial charge is 0.335 e. The molecule has 1 unspecified atom stereocenters. The molecular formula is C14H20N4OS. The van der Waals surface area contributed by atoms with Crippen LogP contribution >= 0.6 is 11.5 Å². The van der Waals surface area contributed by atoms with E-state index in [2.05, 4.69) is 21.5 Å². The van der Waals surface area contributed by atoms with E-state index < -0.39 is 0 Å². The summed E-state index contributed by atoms with van der Waals surface area (Å²) < 4.78 is 4.02. The van der Waals surface area contributed by atoms with Crippen LogP contribution < -0.4 is 0 Å². The maximum atomic E-state index is 12.8. The predicted molar refractivity (Wildman–Crippen MR) is 77.0 cm³/mol. The van der Waals surface area contributed by atoms with Crippen LogP contribution in [0.5, 0.6) is 0 Å². The average Bonchev–Trinajstić information content (AvgIpc) is 3.22. The molecule has 1 saturated carbocycles. The summed E-state index contributed by atoms with van der Waals surface area (Å²) in [5.74, 6) is 0.666. The third-order valence-corrected chi connectivity index (χ3v) is 6.12. The van der Waals surface area contributed by atoms with Gasteiger partial charge in [0.15, 0.2) is 5.69 Å². The topological polar surface area (TPSA) is 49.3 Å². The number of likely N-dealkylation sites (N-methyl/N-ethyl adjacent to an activating group) is 1. The third-order valence-electron chi connectivity index (χ3n) is 5.23. The molecule has 2 aliphatic heterocycles. The van der Waals surface area contributed by atoms with Crippen LogP contribution in [0.3, 0.4) is 0 Å². The summed E-state index contributed by atoms with van der Waals surface area (Å²) in [7, 11) is 2.18. The van der Waals surface area contributed by atoms with Gasteiger partial charge in [-0.1, -0.05) is 4.49 Å². The third kappa shape index (κ3) is 1.89. The molecule has 1 spiro atoms. The van der Waals surface area contributed by atoms with E-state index in [1.165, 1.54) is 37.2 Å². The zero-order valence-corrected chi connectivity index (χ0v) is 12.7. The molecule has 1 aromatic heterocycles. The van der Waals surface area contributed by atoms with Crippen molar-refractivity contribution in [3.8, 4) is 0 Å². The van der Waals surface area contributed by atoms with Gasteiger partial charge in [-0.2, -0.15) is 0 Å². The predicted octanol–water partition coefficient (Wildman–Crippen LogP) is 1.73. The van der Waals surface area contributed by atoms with E-state index in [4.69, 9.17) is 0 Å². The minimum Gasteiger partial charge on any atom is -0.335 e. The zero-order chi connectivity index (χ0) is 13.7. The van der Waals surface area contributed by atoms with Crippen molar-refractivity contribution in [1.29, 1.82) is 0 Å². The van der Waals surface area contributed by atoms with Crippen LogP contribution in [0.4, 0.5) is 0 Å². The molecule has 6 heteroatoms. The van der Waals surface area contributed by atoms with Gasteiger partial charge in [-0.15, -0.1) is 5.10 Å². The summed E-state index contributed by atoms with van der Waals surface area (Å²) in [5.41, 5.74) is 0.883. The monoisotopic (exact) mass is 292 g/mol. The zero-order valence-electron chi connectivity index (χ0n) is 11.8. The number of aromatic nitrogens is 2. The molecule has 20 heavy (non-hydrogen) atoms. The van der Waals surface area contributed by atoms with Crippen molar-refractivity contribution in [3.05, 3.63) is 10.6 Å². The Kier molecular flexibility index (Phi) is 2.86. The summed E-state index contributed by atoms with van der Waals surface area (Å²) in [6, 6.07) is 0. The van der Waals surface area contributed by atoms with Gasteiger partial charge in [0.25, 0.3) is 5.91 Å². The van der Waals surface area contributed by atoms with E-state index in [0.717, 1.165) is 30.9 Å². The smallest absolute Gasteiger partial charge is 0.275 e. The molecule has 1 aromatic rings. The Bertz CT molecular complexity index is 541. The van der Waals surface area contributed by atoms with Gasteiger partial charge >= 0.3 is 0 Å². The number of hydrogen-bond donors (Lipinski definition) is 0. The number of carbonyl (C=O) groups is 1. The first-order valence-corrected chi connectivity index (χ1v) is 8.30. The van der Waals surface area contributed by atoms with Gasteiger partial charge in [0, 0.05) is 25.2 Å². The minimum atomic E-state index is 0.111. The van der Waals surface area contributed by atoms with Crippen molar-refractivity contribution in [2.75, 3.05) is 26.7 Å². The lowest BCUT2D eigenvalue weighted by Gasteiger charge is -2.55. The van der Waals surface area contributed by atoms with Crippen LogP contribution in [0.2, 0.25) is 0 Å². The lowest BCUT2D eigenvalue weighted by Crippen LogP contribution is -2.66. The second-order valence-corrected chi connectivity index (χ2v) is 7.27. The van der Waals surface area contributed by atoms with Crippen LogP contribution in [0, 0.1) is 0 Å². The number of rotatable bonds is 2. The molecule has 2 saturated heterocycles. The molecular weight excluding hydrogens is 272 g/mol. The number of piperidine rings is 1. The molecule has 5 nitrogen and oxygen atoms in total. The minimum absolute atomic E-state index is 0.111. The van der Waals surface area contributed by atoms with Crippen molar-refractivity contribution >= 4 is 17.4 Å². The Hall–Kier alpha value is -1.01. The molecule has 0 N–H and O–H groups in total. The number of nitrogens with zero attached hydrogens (tertiary/aromatic N) is 4. The summed E-state index contributed by atoms with van der Waals surface area (Å²) in [6.45, 7) is 2.90. The lowest BCUT2D eigenvalue weighted by molar-refractivity contribution is -0.0410. The Morgan fingerprint density at radius 2 is 2.20 bits per heavy atom. The first-order valence-electron chi connectivity index (χ1n) is 7.52. The molecule has 0 bridgehead atoms. The van der Waals surface area contributed by atoms with Crippen molar-refractivity contribution in [3.63, 3.8) is 0 Å². The molecule has 1 aliphatic carbocycles. The second kappa shape index (κ2) is 4.49. The van der Waals surface area contributed by atoms with Crippen molar-refractivity contribution in [2.45, 2.75) is 43.6 Å². The first kappa shape index (κ1) is 12.7. The van der Waals surface area contributed by atoms with Gasteiger partial charge in [-0.25, -0.2) is 0 Å². The highest BCUT2D eigenvalue weighted by Gasteiger charge is 2.46. The van der Waals surface area contributed by atoms with Crippen LogP contribution in [-0.2, 0) is 0 Å². The fraction of sp³-hybridized carbons (Fsp3) is 0.786. The Labute approximate surface area is 123 Å². The lowest BCUT2D eigenvalue weighted by atomic mass is 9.78. The van der Waals surface area contributed by atoms with E-state index in [1.54, 1.807) is 0 Å². The summed E-state index contributed by atoms with van der Waals surface area (Å²) in [6.07, 6.45) is 5.93. The number of amides is 1. The Morgan fingerprint density at radius 1 is 1.35 bits per heavy atom.